The van der Waals surface area contributed by atoms with Crippen LogP contribution in [-0.4, -0.2) is 6.10 Å². The van der Waals surface area contributed by atoms with Gasteiger partial charge in [-0.3, -0.25) is 0 Å². The highest BCUT2D eigenvalue weighted by Crippen LogP contribution is 2.32. The minimum atomic E-state index is -0.301. The van der Waals surface area contributed by atoms with Crippen LogP contribution in [0.4, 0.5) is 4.39 Å². The molecule has 1 aromatic carbocycles. The van der Waals surface area contributed by atoms with Gasteiger partial charge in [-0.15, -0.1) is 0 Å². The minimum absolute atomic E-state index is 0.0549. The molecule has 0 radical (unpaired) electrons. The number of hydrogen-bond acceptors (Lipinski definition) is 2. The molecule has 2 nitrogen and oxygen atoms in total. The SMILES string of the molecule is N#CC1CCCCC1Oc1ccc(F)cc1Br. The van der Waals surface area contributed by atoms with Crippen LogP contribution in [0.25, 0.3) is 0 Å². The Kier molecular flexibility index (Phi) is 4.01. The van der Waals surface area contributed by atoms with Gasteiger partial charge in [0.15, 0.2) is 0 Å². The summed E-state index contributed by atoms with van der Waals surface area (Å²) in [6, 6.07) is 6.63. The van der Waals surface area contributed by atoms with Crippen LogP contribution in [0.1, 0.15) is 25.7 Å². The van der Waals surface area contributed by atoms with E-state index in [1.54, 1.807) is 6.07 Å². The summed E-state index contributed by atoms with van der Waals surface area (Å²) in [5.74, 6) is 0.254. The lowest BCUT2D eigenvalue weighted by Gasteiger charge is -2.27. The largest absolute Gasteiger partial charge is 0.488 e. The topological polar surface area (TPSA) is 33.0 Å². The molecule has 1 aromatic rings. The summed E-state index contributed by atoms with van der Waals surface area (Å²) in [6.07, 6.45) is 3.88. The molecule has 0 N–H and O–H groups in total. The number of benzene rings is 1. The fourth-order valence-corrected chi connectivity index (χ4v) is 2.56. The highest BCUT2D eigenvalue weighted by molar-refractivity contribution is 9.10. The fraction of sp³-hybridized carbons (Fsp3) is 0.462. The highest BCUT2D eigenvalue weighted by atomic mass is 79.9. The molecule has 1 aliphatic rings. The summed E-state index contributed by atoms with van der Waals surface area (Å²) in [5.41, 5.74) is 0. The summed E-state index contributed by atoms with van der Waals surface area (Å²) in [7, 11) is 0. The van der Waals surface area contributed by atoms with E-state index in [2.05, 4.69) is 22.0 Å². The zero-order valence-electron chi connectivity index (χ0n) is 9.33. The van der Waals surface area contributed by atoms with Gasteiger partial charge in [0, 0.05) is 0 Å². The van der Waals surface area contributed by atoms with Crippen molar-refractivity contribution < 1.29 is 9.13 Å². The molecule has 1 aliphatic carbocycles. The number of halogens is 2. The monoisotopic (exact) mass is 297 g/mol. The maximum atomic E-state index is 12.9. The lowest BCUT2D eigenvalue weighted by molar-refractivity contribution is 0.119. The maximum Gasteiger partial charge on any atom is 0.134 e. The Morgan fingerprint density at radius 1 is 1.35 bits per heavy atom. The van der Waals surface area contributed by atoms with Gasteiger partial charge in [0.2, 0.25) is 0 Å². The first-order chi connectivity index (χ1) is 8.20. The molecule has 90 valence electrons. The van der Waals surface area contributed by atoms with Crippen molar-refractivity contribution in [3.63, 3.8) is 0 Å². The molecule has 0 spiro atoms. The molecule has 17 heavy (non-hydrogen) atoms. The first-order valence-electron chi connectivity index (χ1n) is 5.72. The predicted octanol–water partition coefficient (Wildman–Crippen LogP) is 4.05. The summed E-state index contributed by atoms with van der Waals surface area (Å²) in [6.45, 7) is 0. The normalized spacial score (nSPS) is 24.1. The Bertz CT molecular complexity index is 444. The van der Waals surface area contributed by atoms with Crippen LogP contribution in [-0.2, 0) is 0 Å². The lowest BCUT2D eigenvalue weighted by atomic mass is 9.87. The third-order valence-electron chi connectivity index (χ3n) is 3.04. The number of rotatable bonds is 2. The van der Waals surface area contributed by atoms with E-state index in [4.69, 9.17) is 10.00 Å². The Hall–Kier alpha value is -1.08. The molecule has 1 fully saturated rings. The zero-order chi connectivity index (χ0) is 12.3. The molecule has 0 heterocycles. The van der Waals surface area contributed by atoms with Gasteiger partial charge < -0.3 is 4.74 Å². The van der Waals surface area contributed by atoms with E-state index in [-0.39, 0.29) is 17.8 Å². The maximum absolute atomic E-state index is 12.9. The molecule has 0 amide bonds. The quantitative estimate of drug-likeness (QED) is 0.825. The van der Waals surface area contributed by atoms with Gasteiger partial charge in [0.05, 0.1) is 16.5 Å². The standard InChI is InChI=1S/C13H13BrFNO/c14-11-7-10(15)5-6-13(11)17-12-4-2-1-3-9(12)8-16/h5-7,9,12H,1-4H2. The van der Waals surface area contributed by atoms with Crippen molar-refractivity contribution in [1.82, 2.24) is 0 Å². The number of ether oxygens (including phenoxy) is 1. The zero-order valence-corrected chi connectivity index (χ0v) is 10.9. The molecule has 2 atom stereocenters. The number of nitrogens with zero attached hydrogens (tertiary/aromatic N) is 1. The molecular formula is C13H13BrFNO. The molecular weight excluding hydrogens is 285 g/mol. The van der Waals surface area contributed by atoms with Crippen LogP contribution in [0, 0.1) is 23.1 Å². The van der Waals surface area contributed by atoms with Gasteiger partial charge in [0.25, 0.3) is 0 Å². The predicted molar refractivity (Wildman–Crippen MR) is 66.1 cm³/mol. The summed E-state index contributed by atoms with van der Waals surface area (Å²) < 4.78 is 19.3. The molecule has 0 aromatic heterocycles. The van der Waals surface area contributed by atoms with Gasteiger partial charge in [0.1, 0.15) is 17.7 Å². The Morgan fingerprint density at radius 2 is 2.12 bits per heavy atom. The van der Waals surface area contributed by atoms with Gasteiger partial charge in [-0.2, -0.15) is 5.26 Å². The third kappa shape index (κ3) is 2.98. The van der Waals surface area contributed by atoms with E-state index >= 15 is 0 Å². The van der Waals surface area contributed by atoms with Crippen molar-refractivity contribution in [2.75, 3.05) is 0 Å². The van der Waals surface area contributed by atoms with Crippen LogP contribution in [0.15, 0.2) is 22.7 Å². The van der Waals surface area contributed by atoms with Crippen molar-refractivity contribution in [2.45, 2.75) is 31.8 Å². The van der Waals surface area contributed by atoms with Gasteiger partial charge in [-0.1, -0.05) is 6.42 Å². The Labute approximate surface area is 109 Å². The highest BCUT2D eigenvalue weighted by Gasteiger charge is 2.27. The second kappa shape index (κ2) is 5.50. The lowest BCUT2D eigenvalue weighted by Crippen LogP contribution is -2.29. The van der Waals surface area contributed by atoms with Crippen molar-refractivity contribution in [3.05, 3.63) is 28.5 Å². The van der Waals surface area contributed by atoms with E-state index in [1.807, 2.05) is 0 Å². The van der Waals surface area contributed by atoms with E-state index in [1.165, 1.54) is 12.1 Å². The van der Waals surface area contributed by atoms with Crippen LogP contribution < -0.4 is 4.74 Å². The van der Waals surface area contributed by atoms with Crippen molar-refractivity contribution in [3.8, 4) is 11.8 Å². The third-order valence-corrected chi connectivity index (χ3v) is 3.66. The number of nitriles is 1. The smallest absolute Gasteiger partial charge is 0.134 e. The molecule has 4 heteroatoms. The Morgan fingerprint density at radius 3 is 2.82 bits per heavy atom. The van der Waals surface area contributed by atoms with Crippen LogP contribution >= 0.6 is 15.9 Å². The van der Waals surface area contributed by atoms with Crippen molar-refractivity contribution in [1.29, 1.82) is 5.26 Å². The molecule has 1 saturated carbocycles. The van der Waals surface area contributed by atoms with Gasteiger partial charge in [-0.05, 0) is 53.4 Å². The Balaban J connectivity index is 2.11. The average Bonchev–Trinajstić information content (AvgIpc) is 2.33. The molecule has 2 unspecified atom stereocenters. The van der Waals surface area contributed by atoms with Crippen LogP contribution in [0.3, 0.4) is 0 Å². The summed E-state index contributed by atoms with van der Waals surface area (Å²) in [4.78, 5) is 0. The van der Waals surface area contributed by atoms with E-state index < -0.39 is 0 Å². The second-order valence-corrected chi connectivity index (χ2v) is 5.11. The molecule has 2 rings (SSSR count). The summed E-state index contributed by atoms with van der Waals surface area (Å²) >= 11 is 3.27. The molecule has 0 aliphatic heterocycles. The van der Waals surface area contributed by atoms with Gasteiger partial charge >= 0.3 is 0 Å². The van der Waals surface area contributed by atoms with Crippen molar-refractivity contribution in [2.24, 2.45) is 5.92 Å². The summed E-state index contributed by atoms with van der Waals surface area (Å²) in [5, 5.41) is 9.05. The number of hydrogen-bond donors (Lipinski definition) is 0. The first-order valence-corrected chi connectivity index (χ1v) is 6.51. The molecule has 0 saturated heterocycles. The van der Waals surface area contributed by atoms with E-state index in [0.29, 0.717) is 10.2 Å². The van der Waals surface area contributed by atoms with Gasteiger partial charge in [-0.25, -0.2) is 4.39 Å². The fourth-order valence-electron chi connectivity index (χ4n) is 2.12. The van der Waals surface area contributed by atoms with Crippen molar-refractivity contribution >= 4 is 15.9 Å². The van der Waals surface area contributed by atoms with E-state index in [0.717, 1.165) is 25.7 Å². The van der Waals surface area contributed by atoms with Crippen LogP contribution in [0.2, 0.25) is 0 Å². The minimum Gasteiger partial charge on any atom is -0.488 e. The van der Waals surface area contributed by atoms with E-state index in [9.17, 15) is 4.39 Å². The average molecular weight is 298 g/mol. The second-order valence-electron chi connectivity index (χ2n) is 4.25. The van der Waals surface area contributed by atoms with Crippen LogP contribution in [0.5, 0.6) is 5.75 Å². The molecule has 0 bridgehead atoms. The first kappa shape index (κ1) is 12.4.